The Labute approximate surface area is 49.1 Å². The lowest BCUT2D eigenvalue weighted by Gasteiger charge is -1.71. The van der Waals surface area contributed by atoms with Crippen LogP contribution in [0.1, 0.15) is 0 Å². The van der Waals surface area contributed by atoms with Crippen molar-refractivity contribution in [3.63, 3.8) is 0 Å². The molecule has 9 heavy (non-hydrogen) atoms. The van der Waals surface area contributed by atoms with Crippen LogP contribution < -0.4 is 0 Å². The van der Waals surface area contributed by atoms with Gasteiger partial charge in [-0.3, -0.25) is 0 Å². The van der Waals surface area contributed by atoms with E-state index in [-0.39, 0.29) is 5.88 Å². The van der Waals surface area contributed by atoms with Gasteiger partial charge in [-0.2, -0.15) is 4.91 Å². The van der Waals surface area contributed by atoms with Gasteiger partial charge in [0.2, 0.25) is 0 Å². The van der Waals surface area contributed by atoms with Gasteiger partial charge in [0.1, 0.15) is 0 Å². The van der Waals surface area contributed by atoms with Crippen molar-refractivity contribution in [2.24, 2.45) is 5.22 Å². The van der Waals surface area contributed by atoms with E-state index in [4.69, 9.17) is 10.6 Å². The first-order chi connectivity index (χ1) is 4.33. The highest BCUT2D eigenvalue weighted by Gasteiger charge is 1.96. The average Bonchev–Trinajstić information content (AvgIpc) is 2.17. The number of azide groups is 1. The number of hydrogen-bond acceptors (Lipinski definition) is 4. The van der Waals surface area contributed by atoms with Gasteiger partial charge >= 0.3 is 0 Å². The second-order valence-electron chi connectivity index (χ2n) is 1.18. The molecule has 0 atom stereocenters. The van der Waals surface area contributed by atoms with E-state index in [0.29, 0.717) is 0 Å². The summed E-state index contributed by atoms with van der Waals surface area (Å²) in [6.07, 6.45) is 1.08. The Morgan fingerprint density at radius 1 is 1.89 bits per heavy atom. The molecule has 0 unspecified atom stereocenters. The summed E-state index contributed by atoms with van der Waals surface area (Å²) in [6.45, 7) is 0. The Balaban J connectivity index is 2.97. The van der Waals surface area contributed by atoms with Crippen molar-refractivity contribution >= 4 is 0 Å². The normalized spacial score (nSPS) is 8.44. The molecule has 1 aromatic rings. The molecule has 7 heteroatoms. The third kappa shape index (κ3) is 1.07. The molecule has 0 saturated carbocycles. The number of hydrogen-bond donors (Lipinski definition) is 1. The van der Waals surface area contributed by atoms with Crippen LogP contribution in [0.25, 0.3) is 10.4 Å². The first kappa shape index (κ1) is 5.39. The van der Waals surface area contributed by atoms with Crippen LogP contribution in [0.3, 0.4) is 0 Å². The van der Waals surface area contributed by atoms with Crippen molar-refractivity contribution in [2.75, 3.05) is 0 Å². The molecule has 0 spiro atoms. The maximum absolute atomic E-state index is 8.50. The highest BCUT2D eigenvalue weighted by Crippen LogP contribution is 1.97. The molecule has 1 heterocycles. The molecule has 46 valence electrons. The number of rotatable bonds is 1. The molecule has 7 nitrogen and oxygen atoms in total. The fourth-order valence-electron chi connectivity index (χ4n) is 0.331. The highest BCUT2D eigenvalue weighted by molar-refractivity contribution is 4.94. The van der Waals surface area contributed by atoms with Crippen molar-refractivity contribution in [1.29, 1.82) is 0 Å². The molecule has 1 rings (SSSR count). The lowest BCUT2D eigenvalue weighted by molar-refractivity contribution is 0.452. The van der Waals surface area contributed by atoms with Crippen LogP contribution in [-0.4, -0.2) is 20.2 Å². The first-order valence-electron chi connectivity index (χ1n) is 1.99. The molecule has 0 aliphatic carbocycles. The lowest BCUT2D eigenvalue weighted by atomic mass is 10.9. The summed E-state index contributed by atoms with van der Waals surface area (Å²) in [6, 6.07) is 0. The molecule has 0 aromatic carbocycles. The SMILES string of the molecule is [N-]=[N+]=Nn1cc(O)nn1. The fraction of sp³-hybridized carbons (Fsp3) is 0. The maximum Gasteiger partial charge on any atom is 0.277 e. The minimum absolute atomic E-state index is 0.276. The predicted octanol–water partition coefficient (Wildman–Crippen LogP) is 0.0571. The van der Waals surface area contributed by atoms with Gasteiger partial charge in [0.25, 0.3) is 5.88 Å². The van der Waals surface area contributed by atoms with Gasteiger partial charge in [0, 0.05) is 10.4 Å². The van der Waals surface area contributed by atoms with Gasteiger partial charge in [-0.25, -0.2) is 0 Å². The largest absolute Gasteiger partial charge is 0.489 e. The Morgan fingerprint density at radius 3 is 3.11 bits per heavy atom. The van der Waals surface area contributed by atoms with Crippen molar-refractivity contribution in [2.45, 2.75) is 0 Å². The minimum Gasteiger partial charge on any atom is -0.489 e. The average molecular weight is 126 g/mol. The van der Waals surface area contributed by atoms with Crippen LogP contribution in [-0.2, 0) is 0 Å². The summed E-state index contributed by atoms with van der Waals surface area (Å²) in [5.74, 6) is -0.276. The standard InChI is InChI=1S/C2H2N6O/c3-5-7-8-1-2(9)4-6-8/h1,9H. The third-order valence-electron chi connectivity index (χ3n) is 0.601. The summed E-state index contributed by atoms with van der Waals surface area (Å²) in [4.78, 5) is 3.21. The monoisotopic (exact) mass is 126 g/mol. The Hall–Kier alpha value is -1.75. The summed E-state index contributed by atoms with van der Waals surface area (Å²) in [5.41, 5.74) is 7.82. The summed E-state index contributed by atoms with van der Waals surface area (Å²) < 4.78 is 0. The van der Waals surface area contributed by atoms with Crippen LogP contribution in [0.5, 0.6) is 5.88 Å². The van der Waals surface area contributed by atoms with Crippen LogP contribution in [0, 0.1) is 0 Å². The van der Waals surface area contributed by atoms with Crippen molar-refractivity contribution in [3.05, 3.63) is 16.6 Å². The topological polar surface area (TPSA) is 99.7 Å². The lowest BCUT2D eigenvalue weighted by Crippen LogP contribution is -1.84. The van der Waals surface area contributed by atoms with E-state index in [0.717, 1.165) is 11.0 Å². The molecule has 0 amide bonds. The van der Waals surface area contributed by atoms with E-state index in [1.165, 1.54) is 0 Å². The van der Waals surface area contributed by atoms with Crippen molar-refractivity contribution in [1.82, 2.24) is 15.1 Å². The molecule has 0 aliphatic heterocycles. The van der Waals surface area contributed by atoms with Crippen molar-refractivity contribution < 1.29 is 5.11 Å². The smallest absolute Gasteiger partial charge is 0.277 e. The van der Waals surface area contributed by atoms with E-state index in [9.17, 15) is 0 Å². The quantitative estimate of drug-likeness (QED) is 0.327. The van der Waals surface area contributed by atoms with E-state index >= 15 is 0 Å². The zero-order valence-electron chi connectivity index (χ0n) is 4.21. The molecule has 0 aliphatic rings. The summed E-state index contributed by atoms with van der Waals surface area (Å²) >= 11 is 0. The number of nitrogens with zero attached hydrogens (tertiary/aromatic N) is 6. The van der Waals surface area contributed by atoms with Gasteiger partial charge in [0.15, 0.2) is 6.20 Å². The first-order valence-corrected chi connectivity index (χ1v) is 1.99. The molecule has 0 bridgehead atoms. The predicted molar refractivity (Wildman–Crippen MR) is 26.2 cm³/mol. The summed E-state index contributed by atoms with van der Waals surface area (Å²) in [5, 5.41) is 17.8. The van der Waals surface area contributed by atoms with E-state index < -0.39 is 0 Å². The van der Waals surface area contributed by atoms with E-state index in [1.54, 1.807) is 0 Å². The van der Waals surface area contributed by atoms with Gasteiger partial charge < -0.3 is 5.11 Å². The second-order valence-corrected chi connectivity index (χ2v) is 1.18. The molecule has 0 saturated heterocycles. The number of aromatic hydroxyl groups is 1. The van der Waals surface area contributed by atoms with Gasteiger partial charge in [-0.05, 0) is 0 Å². The Kier molecular flexibility index (Phi) is 1.21. The van der Waals surface area contributed by atoms with Gasteiger partial charge in [-0.15, -0.1) is 5.53 Å². The van der Waals surface area contributed by atoms with E-state index in [2.05, 4.69) is 20.4 Å². The molecule has 0 fully saturated rings. The molecule has 0 radical (unpaired) electrons. The molecular formula is C2H2N6O. The van der Waals surface area contributed by atoms with Crippen molar-refractivity contribution in [3.8, 4) is 5.88 Å². The summed E-state index contributed by atoms with van der Waals surface area (Å²) in [7, 11) is 0. The molecular weight excluding hydrogens is 124 g/mol. The maximum atomic E-state index is 8.50. The van der Waals surface area contributed by atoms with Crippen LogP contribution in [0.2, 0.25) is 0 Å². The molecule has 1 N–H and O–H groups in total. The van der Waals surface area contributed by atoms with Crippen LogP contribution in [0.4, 0.5) is 0 Å². The highest BCUT2D eigenvalue weighted by atomic mass is 16.3. The van der Waals surface area contributed by atoms with Crippen LogP contribution >= 0.6 is 0 Å². The van der Waals surface area contributed by atoms with Gasteiger partial charge in [0.05, 0.1) is 0 Å². The van der Waals surface area contributed by atoms with Crippen LogP contribution in [0.15, 0.2) is 11.4 Å². The van der Waals surface area contributed by atoms with Gasteiger partial charge in [-0.1, -0.05) is 9.89 Å². The Bertz CT molecular complexity index is 245. The molecule has 1 aromatic heterocycles. The third-order valence-corrected chi connectivity index (χ3v) is 0.601. The second kappa shape index (κ2) is 2.01. The Morgan fingerprint density at radius 2 is 2.67 bits per heavy atom. The zero-order chi connectivity index (χ0) is 6.69. The zero-order valence-corrected chi connectivity index (χ0v) is 4.21. The number of aromatic nitrogens is 3. The van der Waals surface area contributed by atoms with E-state index in [1.807, 2.05) is 0 Å². The fourth-order valence-corrected chi connectivity index (χ4v) is 0.331. The minimum atomic E-state index is -0.276.